The summed E-state index contributed by atoms with van der Waals surface area (Å²) < 4.78 is 63.3. The van der Waals surface area contributed by atoms with Gasteiger partial charge in [0.25, 0.3) is 0 Å². The summed E-state index contributed by atoms with van der Waals surface area (Å²) in [6, 6.07) is 3.17. The second-order valence-electron chi connectivity index (χ2n) is 6.82. The van der Waals surface area contributed by atoms with Crippen LogP contribution >= 0.6 is 0 Å². The summed E-state index contributed by atoms with van der Waals surface area (Å²) in [4.78, 5) is 12.8. The second-order valence-corrected chi connectivity index (χ2v) is 9.34. The fraction of sp³-hybridized carbons (Fsp3) is 0.588. The number of rotatable bonds is 2. The van der Waals surface area contributed by atoms with Crippen molar-refractivity contribution < 1.29 is 26.4 Å². The quantitative estimate of drug-likeness (QED) is 0.751. The molecule has 0 saturated carbocycles. The van der Waals surface area contributed by atoms with E-state index in [-0.39, 0.29) is 24.2 Å². The summed E-state index contributed by atoms with van der Waals surface area (Å²) >= 11 is 0. The molecular weight excluding hydrogens is 341 g/mol. The highest BCUT2D eigenvalue weighted by molar-refractivity contribution is 7.92. The van der Waals surface area contributed by atoms with Crippen LogP contribution in [0.1, 0.15) is 53.6 Å². The van der Waals surface area contributed by atoms with Gasteiger partial charge in [-0.25, -0.2) is 8.42 Å². The van der Waals surface area contributed by atoms with Gasteiger partial charge in [0.1, 0.15) is 0 Å². The molecule has 2 heterocycles. The van der Waals surface area contributed by atoms with E-state index in [4.69, 9.17) is 0 Å². The number of ketones is 1. The monoisotopic (exact) mass is 360 g/mol. The first-order valence-electron chi connectivity index (χ1n) is 8.05. The zero-order valence-electron chi connectivity index (χ0n) is 13.3. The summed E-state index contributed by atoms with van der Waals surface area (Å²) in [7, 11) is -3.19. The number of Topliss-reactive ketones (excluding diaryl/α,β-unsaturated/α-hetero) is 1. The highest BCUT2D eigenvalue weighted by Crippen LogP contribution is 2.41. The molecule has 0 aromatic heterocycles. The van der Waals surface area contributed by atoms with E-state index in [1.54, 1.807) is 6.92 Å². The van der Waals surface area contributed by atoms with E-state index in [9.17, 15) is 26.4 Å². The standard InChI is InChI=1S/C17H19F3O3S/c1-10-5-6-12(17(18,19)20)9-15(10)16(21)11-7-13-3-2-4-14(8-11)24(13,22)23/h5-6,9,11,13-14H,2-4,7-8H2,1H3. The Morgan fingerprint density at radius 1 is 1.12 bits per heavy atom. The van der Waals surface area contributed by atoms with Crippen molar-refractivity contribution >= 4 is 15.6 Å². The molecule has 1 aromatic rings. The van der Waals surface area contributed by atoms with Crippen LogP contribution in [0.3, 0.4) is 0 Å². The lowest BCUT2D eigenvalue weighted by molar-refractivity contribution is -0.137. The Bertz CT molecular complexity index is 748. The van der Waals surface area contributed by atoms with E-state index in [0.717, 1.165) is 18.6 Å². The SMILES string of the molecule is Cc1ccc(C(F)(F)F)cc1C(=O)C1CC2CCCC(C1)S2(=O)=O. The van der Waals surface area contributed by atoms with Crippen molar-refractivity contribution in [2.75, 3.05) is 0 Å². The lowest BCUT2D eigenvalue weighted by Crippen LogP contribution is -2.45. The van der Waals surface area contributed by atoms with Crippen molar-refractivity contribution in [1.82, 2.24) is 0 Å². The van der Waals surface area contributed by atoms with Crippen molar-refractivity contribution in [3.63, 3.8) is 0 Å². The molecule has 0 aliphatic carbocycles. The molecule has 2 unspecified atom stereocenters. The van der Waals surface area contributed by atoms with Crippen LogP contribution in [0, 0.1) is 12.8 Å². The summed E-state index contributed by atoms with van der Waals surface area (Å²) in [6.07, 6.45) is -2.12. The number of benzene rings is 1. The molecule has 2 aliphatic rings. The van der Waals surface area contributed by atoms with Crippen LogP contribution in [0.25, 0.3) is 0 Å². The molecule has 2 saturated heterocycles. The van der Waals surface area contributed by atoms with E-state index < -0.39 is 38.0 Å². The van der Waals surface area contributed by atoms with Crippen LogP contribution < -0.4 is 0 Å². The van der Waals surface area contributed by atoms with Crippen molar-refractivity contribution in [3.05, 3.63) is 34.9 Å². The van der Waals surface area contributed by atoms with Crippen molar-refractivity contribution in [2.45, 2.75) is 55.7 Å². The van der Waals surface area contributed by atoms with Gasteiger partial charge in [-0.1, -0.05) is 12.5 Å². The van der Waals surface area contributed by atoms with Gasteiger partial charge in [-0.05, 0) is 50.3 Å². The van der Waals surface area contributed by atoms with Crippen LogP contribution in [0.15, 0.2) is 18.2 Å². The summed E-state index contributed by atoms with van der Waals surface area (Å²) in [5, 5.41) is -1.05. The predicted octanol–water partition coefficient (Wildman–Crippen LogP) is 3.94. The van der Waals surface area contributed by atoms with Crippen LogP contribution in [-0.4, -0.2) is 24.7 Å². The maximum atomic E-state index is 12.9. The third kappa shape index (κ3) is 2.98. The molecular formula is C17H19F3O3S. The zero-order chi connectivity index (χ0) is 17.7. The minimum Gasteiger partial charge on any atom is -0.294 e. The summed E-state index contributed by atoms with van der Waals surface area (Å²) in [5.41, 5.74) is -0.293. The molecule has 3 nitrogen and oxygen atoms in total. The first kappa shape index (κ1) is 17.5. The Morgan fingerprint density at radius 2 is 1.71 bits per heavy atom. The summed E-state index contributed by atoms with van der Waals surface area (Å²) in [6.45, 7) is 1.60. The topological polar surface area (TPSA) is 51.2 Å². The molecule has 132 valence electrons. The third-order valence-corrected chi connectivity index (χ3v) is 7.99. The molecule has 2 atom stereocenters. The number of carbonyl (C=O) groups is 1. The van der Waals surface area contributed by atoms with Crippen LogP contribution in [0.4, 0.5) is 13.2 Å². The maximum Gasteiger partial charge on any atom is 0.416 e. The average Bonchev–Trinajstić information content (AvgIpc) is 2.44. The van der Waals surface area contributed by atoms with E-state index >= 15 is 0 Å². The Balaban J connectivity index is 1.91. The Morgan fingerprint density at radius 3 is 2.25 bits per heavy atom. The lowest BCUT2D eigenvalue weighted by atomic mass is 9.83. The molecule has 0 spiro atoms. The smallest absolute Gasteiger partial charge is 0.294 e. The zero-order valence-corrected chi connectivity index (χ0v) is 14.1. The fourth-order valence-corrected chi connectivity index (χ4v) is 6.44. The Labute approximate surface area is 139 Å². The number of carbonyl (C=O) groups excluding carboxylic acids is 1. The number of alkyl halides is 3. The van der Waals surface area contributed by atoms with Gasteiger partial charge < -0.3 is 0 Å². The molecule has 7 heteroatoms. The van der Waals surface area contributed by atoms with Gasteiger partial charge in [-0.3, -0.25) is 4.79 Å². The molecule has 2 aliphatic heterocycles. The predicted molar refractivity (Wildman–Crippen MR) is 83.6 cm³/mol. The lowest BCUT2D eigenvalue weighted by Gasteiger charge is -2.38. The highest BCUT2D eigenvalue weighted by Gasteiger charge is 2.46. The van der Waals surface area contributed by atoms with Gasteiger partial charge in [-0.2, -0.15) is 13.2 Å². The number of halogens is 3. The second kappa shape index (κ2) is 5.86. The van der Waals surface area contributed by atoms with Crippen molar-refractivity contribution in [2.24, 2.45) is 5.92 Å². The first-order chi connectivity index (χ1) is 11.1. The van der Waals surface area contributed by atoms with E-state index in [1.165, 1.54) is 6.07 Å². The molecule has 0 amide bonds. The largest absolute Gasteiger partial charge is 0.416 e. The van der Waals surface area contributed by atoms with E-state index in [0.29, 0.717) is 18.4 Å². The van der Waals surface area contributed by atoms with Gasteiger partial charge in [0, 0.05) is 11.5 Å². The molecule has 0 N–H and O–H groups in total. The Hall–Kier alpha value is -1.37. The third-order valence-electron chi connectivity index (χ3n) is 5.28. The molecule has 24 heavy (non-hydrogen) atoms. The number of hydrogen-bond donors (Lipinski definition) is 0. The normalized spacial score (nSPS) is 29.2. The van der Waals surface area contributed by atoms with Crippen LogP contribution in [-0.2, 0) is 16.0 Å². The molecule has 1 aromatic carbocycles. The fourth-order valence-electron chi connectivity index (χ4n) is 3.91. The van der Waals surface area contributed by atoms with E-state index in [1.807, 2.05) is 0 Å². The molecule has 3 rings (SSSR count). The first-order valence-corrected chi connectivity index (χ1v) is 9.66. The number of aryl methyl sites for hydroxylation is 1. The Kier molecular flexibility index (Phi) is 4.26. The highest BCUT2D eigenvalue weighted by atomic mass is 32.2. The van der Waals surface area contributed by atoms with Gasteiger partial charge in [0.15, 0.2) is 15.6 Å². The molecule has 2 bridgehead atoms. The number of hydrogen-bond acceptors (Lipinski definition) is 3. The van der Waals surface area contributed by atoms with Crippen molar-refractivity contribution in [3.8, 4) is 0 Å². The molecule has 2 fully saturated rings. The maximum absolute atomic E-state index is 12.9. The van der Waals surface area contributed by atoms with Crippen LogP contribution in [0.2, 0.25) is 0 Å². The minimum absolute atomic E-state index is 0.0622. The number of sulfone groups is 1. The van der Waals surface area contributed by atoms with Crippen molar-refractivity contribution in [1.29, 1.82) is 0 Å². The average molecular weight is 360 g/mol. The number of fused-ring (bicyclic) bond motifs is 2. The van der Waals surface area contributed by atoms with Crippen LogP contribution in [0.5, 0.6) is 0 Å². The van der Waals surface area contributed by atoms with Gasteiger partial charge in [0.05, 0.1) is 16.1 Å². The van der Waals surface area contributed by atoms with Gasteiger partial charge in [0.2, 0.25) is 0 Å². The summed E-state index contributed by atoms with van der Waals surface area (Å²) in [5.74, 6) is -0.864. The van der Waals surface area contributed by atoms with Gasteiger partial charge >= 0.3 is 6.18 Å². The van der Waals surface area contributed by atoms with Gasteiger partial charge in [-0.15, -0.1) is 0 Å². The minimum atomic E-state index is -4.50. The van der Waals surface area contributed by atoms with E-state index in [2.05, 4.69) is 0 Å². The molecule has 0 radical (unpaired) electrons.